The standard InChI is InChI=1S/C38H58O9Si2/c1-12-49(13-2,14-3)47-29-20-30-37(23-43-30,45-25(5)39)32-33(44-34(41)26-18-16-15-17-19-26)38(42)22-28(46-48(9,10)11)24(4)31(35(38,6)7)27(40)21-36(29,32)8/h15-19,28-30,32-33,42H,12-14,20-23H2,1-11H3/t28-,29-,30+,32?,33-,36+,37-,38+/m0/s1. The molecule has 4 aliphatic rings. The van der Waals surface area contributed by atoms with Crippen molar-refractivity contribution in [3.63, 3.8) is 0 Å². The van der Waals surface area contributed by atoms with Crippen LogP contribution in [-0.4, -0.2) is 81.7 Å². The third-order valence-electron chi connectivity index (χ3n) is 12.5. The van der Waals surface area contributed by atoms with E-state index in [0.717, 1.165) is 23.7 Å². The summed E-state index contributed by atoms with van der Waals surface area (Å²) >= 11 is 0. The SMILES string of the molecule is CC[Si](CC)(CC)O[C@H]1C[C@H]2OC[C@@]2(OC(C)=O)C2[C@H](OC(=O)c3ccccc3)[C@]3(O)C[C@H](O[Si](C)(C)C)C(C)=C(C(=O)C[C@@]21C)C3(C)C. The first-order valence-corrected chi connectivity index (χ1v) is 24.1. The Morgan fingerprint density at radius 3 is 2.12 bits per heavy atom. The van der Waals surface area contributed by atoms with Gasteiger partial charge in [-0.3, -0.25) is 9.59 Å². The van der Waals surface area contributed by atoms with Crippen LogP contribution in [0.1, 0.15) is 85.0 Å². The normalized spacial score (nSPS) is 35.7. The van der Waals surface area contributed by atoms with Gasteiger partial charge in [0.15, 0.2) is 28.0 Å². The molecule has 1 heterocycles. The molecule has 1 N–H and O–H groups in total. The van der Waals surface area contributed by atoms with Crippen LogP contribution in [0.2, 0.25) is 37.8 Å². The Morgan fingerprint density at radius 1 is 1.00 bits per heavy atom. The van der Waals surface area contributed by atoms with Gasteiger partial charge in [0.2, 0.25) is 0 Å². The molecular formula is C38H58O9Si2. The van der Waals surface area contributed by atoms with Gasteiger partial charge in [-0.25, -0.2) is 4.79 Å². The molecule has 3 fully saturated rings. The molecule has 8 atom stereocenters. The number of ketones is 1. The van der Waals surface area contributed by atoms with Crippen molar-refractivity contribution in [2.45, 2.75) is 148 Å². The molecule has 272 valence electrons. The summed E-state index contributed by atoms with van der Waals surface area (Å²) in [5.41, 5.74) is -3.56. The monoisotopic (exact) mass is 714 g/mol. The topological polar surface area (TPSA) is 118 Å². The predicted molar refractivity (Wildman–Crippen MR) is 192 cm³/mol. The van der Waals surface area contributed by atoms with Crippen molar-refractivity contribution >= 4 is 34.4 Å². The van der Waals surface area contributed by atoms with Crippen molar-refractivity contribution in [1.82, 2.24) is 0 Å². The minimum absolute atomic E-state index is 0.0583. The quantitative estimate of drug-likeness (QED) is 0.202. The van der Waals surface area contributed by atoms with E-state index in [4.69, 9.17) is 23.1 Å². The highest BCUT2D eigenvalue weighted by Gasteiger charge is 2.76. The lowest BCUT2D eigenvalue weighted by atomic mass is 9.45. The van der Waals surface area contributed by atoms with E-state index in [0.29, 0.717) is 17.6 Å². The number of Topliss-reactive ketones (excluding diaryl/α,β-unsaturated/α-hetero) is 1. The molecule has 1 unspecified atom stereocenters. The van der Waals surface area contributed by atoms with Crippen LogP contribution >= 0.6 is 0 Å². The van der Waals surface area contributed by atoms with Crippen molar-refractivity contribution in [2.24, 2.45) is 16.7 Å². The van der Waals surface area contributed by atoms with Gasteiger partial charge in [-0.1, -0.05) is 59.7 Å². The van der Waals surface area contributed by atoms with E-state index in [-0.39, 0.29) is 25.2 Å². The summed E-state index contributed by atoms with van der Waals surface area (Å²) in [6.07, 6.45) is -2.25. The number of ether oxygens (including phenoxy) is 3. The zero-order valence-electron chi connectivity index (χ0n) is 31.4. The Balaban J connectivity index is 1.82. The van der Waals surface area contributed by atoms with Gasteiger partial charge in [0.25, 0.3) is 0 Å². The zero-order valence-corrected chi connectivity index (χ0v) is 33.4. The Hall–Kier alpha value is -2.16. The number of hydrogen-bond donors (Lipinski definition) is 1. The van der Waals surface area contributed by atoms with Crippen LogP contribution in [0, 0.1) is 16.7 Å². The molecule has 1 saturated heterocycles. The van der Waals surface area contributed by atoms with Gasteiger partial charge < -0.3 is 28.2 Å². The van der Waals surface area contributed by atoms with Crippen molar-refractivity contribution in [3.8, 4) is 0 Å². The largest absolute Gasteiger partial charge is 0.455 e. The molecule has 0 radical (unpaired) electrons. The first-order chi connectivity index (χ1) is 22.7. The molecule has 2 saturated carbocycles. The van der Waals surface area contributed by atoms with Crippen molar-refractivity contribution < 1.29 is 42.6 Å². The Bertz CT molecular complexity index is 1470. The van der Waals surface area contributed by atoms with Gasteiger partial charge in [0.1, 0.15) is 17.8 Å². The first kappa shape index (κ1) is 38.1. The Labute approximate surface area is 294 Å². The van der Waals surface area contributed by atoms with E-state index in [2.05, 4.69) is 40.4 Å². The zero-order chi connectivity index (χ0) is 36.4. The second-order valence-electron chi connectivity index (χ2n) is 16.7. The molecule has 1 aliphatic heterocycles. The maximum atomic E-state index is 15.0. The average molecular weight is 715 g/mol. The lowest BCUT2D eigenvalue weighted by molar-refractivity contribution is -0.348. The highest BCUT2D eigenvalue weighted by Crippen LogP contribution is 2.65. The van der Waals surface area contributed by atoms with Crippen LogP contribution in [0.4, 0.5) is 0 Å². The number of benzene rings is 1. The summed E-state index contributed by atoms with van der Waals surface area (Å²) in [5, 5.41) is 13.5. The van der Waals surface area contributed by atoms with Gasteiger partial charge in [-0.15, -0.1) is 0 Å². The maximum absolute atomic E-state index is 15.0. The fourth-order valence-corrected chi connectivity index (χ4v) is 13.8. The summed E-state index contributed by atoms with van der Waals surface area (Å²) < 4.78 is 33.3. The van der Waals surface area contributed by atoms with Gasteiger partial charge in [-0.2, -0.15) is 0 Å². The summed E-state index contributed by atoms with van der Waals surface area (Å²) in [7, 11) is -4.46. The lowest BCUT2D eigenvalue weighted by Gasteiger charge is -2.68. The molecule has 5 rings (SSSR count). The van der Waals surface area contributed by atoms with Gasteiger partial charge in [-0.05, 0) is 62.4 Å². The third kappa shape index (κ3) is 6.24. The summed E-state index contributed by atoms with van der Waals surface area (Å²) in [4.78, 5) is 42.2. The summed E-state index contributed by atoms with van der Waals surface area (Å²) in [5.74, 6) is -2.03. The predicted octanol–water partition coefficient (Wildman–Crippen LogP) is 7.00. The summed E-state index contributed by atoms with van der Waals surface area (Å²) in [6.45, 7) is 21.9. The third-order valence-corrected chi connectivity index (χ3v) is 18.2. The number of carbonyl (C=O) groups excluding carboxylic acids is 3. The molecule has 0 amide bonds. The van der Waals surface area contributed by atoms with Crippen LogP contribution in [0.15, 0.2) is 41.5 Å². The minimum atomic E-state index is -2.27. The van der Waals surface area contributed by atoms with Crippen molar-refractivity contribution in [2.75, 3.05) is 6.61 Å². The van der Waals surface area contributed by atoms with Gasteiger partial charge in [0.05, 0.1) is 30.3 Å². The first-order valence-electron chi connectivity index (χ1n) is 18.1. The fourth-order valence-electron chi connectivity index (χ4n) is 9.67. The van der Waals surface area contributed by atoms with Crippen LogP contribution in [0.5, 0.6) is 0 Å². The molecule has 9 nitrogen and oxygen atoms in total. The number of aliphatic hydroxyl groups is 1. The van der Waals surface area contributed by atoms with E-state index >= 15 is 4.79 Å². The maximum Gasteiger partial charge on any atom is 0.338 e. The number of fused-ring (bicyclic) bond motifs is 5. The van der Waals surface area contributed by atoms with E-state index in [1.165, 1.54) is 6.92 Å². The smallest absolute Gasteiger partial charge is 0.338 e. The van der Waals surface area contributed by atoms with E-state index in [1.54, 1.807) is 24.3 Å². The van der Waals surface area contributed by atoms with Crippen LogP contribution in [0.3, 0.4) is 0 Å². The van der Waals surface area contributed by atoms with Crippen molar-refractivity contribution in [3.05, 3.63) is 47.0 Å². The highest BCUT2D eigenvalue weighted by atomic mass is 28.4. The molecule has 49 heavy (non-hydrogen) atoms. The molecule has 0 spiro atoms. The Morgan fingerprint density at radius 2 is 1.61 bits per heavy atom. The molecule has 2 bridgehead atoms. The number of esters is 2. The molecule has 1 aromatic carbocycles. The number of carbonyl (C=O) groups is 3. The van der Waals surface area contributed by atoms with Crippen LogP contribution in [-0.2, 0) is 32.7 Å². The van der Waals surface area contributed by atoms with E-state index < -0.39 is 80.9 Å². The summed E-state index contributed by atoms with van der Waals surface area (Å²) in [6, 6.07) is 11.4. The van der Waals surface area contributed by atoms with Crippen LogP contribution in [0.25, 0.3) is 0 Å². The highest BCUT2D eigenvalue weighted by molar-refractivity contribution is 6.73. The lowest BCUT2D eigenvalue weighted by Crippen LogP contribution is -2.80. The van der Waals surface area contributed by atoms with Crippen LogP contribution < -0.4 is 0 Å². The second kappa shape index (κ2) is 13.1. The molecule has 11 heteroatoms. The second-order valence-corrected chi connectivity index (χ2v) is 25.9. The molecule has 1 aromatic rings. The minimum Gasteiger partial charge on any atom is -0.455 e. The van der Waals surface area contributed by atoms with Crippen molar-refractivity contribution in [1.29, 1.82) is 0 Å². The molecule has 3 aliphatic carbocycles. The Kier molecular flexibility index (Phi) is 10.2. The molecular weight excluding hydrogens is 657 g/mol. The number of rotatable bonds is 10. The fraction of sp³-hybridized carbons (Fsp3) is 0.711. The molecule has 0 aromatic heterocycles. The van der Waals surface area contributed by atoms with Gasteiger partial charge in [0, 0.05) is 42.6 Å². The van der Waals surface area contributed by atoms with Gasteiger partial charge >= 0.3 is 11.9 Å². The van der Waals surface area contributed by atoms with E-state index in [9.17, 15) is 14.7 Å². The van der Waals surface area contributed by atoms with E-state index in [1.807, 2.05) is 33.8 Å². The average Bonchev–Trinajstić information content (AvgIpc) is 3.01. The number of hydrogen-bond acceptors (Lipinski definition) is 9.